The number of aliphatic hydroxyl groups excluding tert-OH is 1. The second kappa shape index (κ2) is 4.65. The third kappa shape index (κ3) is 2.09. The Hall–Kier alpha value is -1.36. The molecule has 5 heteroatoms. The summed E-state index contributed by atoms with van der Waals surface area (Å²) >= 11 is 0. The third-order valence-corrected chi connectivity index (χ3v) is 2.99. The van der Waals surface area contributed by atoms with E-state index < -0.39 is 5.97 Å². The Bertz CT molecular complexity index is 398. The summed E-state index contributed by atoms with van der Waals surface area (Å²) in [5, 5.41) is 17.8. The summed E-state index contributed by atoms with van der Waals surface area (Å²) in [5.74, 6) is -0.000132. The van der Waals surface area contributed by atoms with Gasteiger partial charge < -0.3 is 14.8 Å². The van der Waals surface area contributed by atoms with Crippen LogP contribution in [-0.2, 0) is 30.8 Å². The molecule has 1 aliphatic heterocycles. The van der Waals surface area contributed by atoms with Crippen LogP contribution in [-0.4, -0.2) is 25.7 Å². The molecule has 2 rings (SSSR count). The molecule has 0 amide bonds. The standard InChI is InChI=1S/C11H16N2O3/c14-7-8-9-3-1-2-6-13(9)10(12-8)4-5-11(15)16/h14H,1-7H2,(H,15,16). The van der Waals surface area contributed by atoms with E-state index in [-0.39, 0.29) is 13.0 Å². The summed E-state index contributed by atoms with van der Waals surface area (Å²) in [6.07, 6.45) is 3.71. The average molecular weight is 224 g/mol. The van der Waals surface area contributed by atoms with E-state index in [4.69, 9.17) is 5.11 Å². The Labute approximate surface area is 93.7 Å². The number of imidazole rings is 1. The fraction of sp³-hybridized carbons (Fsp3) is 0.636. The van der Waals surface area contributed by atoms with Crippen LogP contribution in [0.25, 0.3) is 0 Å². The Morgan fingerprint density at radius 2 is 2.25 bits per heavy atom. The third-order valence-electron chi connectivity index (χ3n) is 2.99. The first kappa shape index (κ1) is 11.1. The molecule has 0 bridgehead atoms. The zero-order valence-corrected chi connectivity index (χ0v) is 9.15. The van der Waals surface area contributed by atoms with Gasteiger partial charge in [0.2, 0.25) is 0 Å². The first-order chi connectivity index (χ1) is 7.72. The number of carbonyl (C=O) groups is 1. The monoisotopic (exact) mass is 224 g/mol. The van der Waals surface area contributed by atoms with Crippen LogP contribution in [0, 0.1) is 0 Å². The van der Waals surface area contributed by atoms with Crippen LogP contribution in [0.4, 0.5) is 0 Å². The Kier molecular flexibility index (Phi) is 3.24. The van der Waals surface area contributed by atoms with Crippen LogP contribution >= 0.6 is 0 Å². The van der Waals surface area contributed by atoms with Gasteiger partial charge in [0.05, 0.1) is 18.7 Å². The molecule has 0 saturated heterocycles. The van der Waals surface area contributed by atoms with Crippen molar-refractivity contribution < 1.29 is 15.0 Å². The molecule has 0 aliphatic carbocycles. The number of aliphatic hydroxyl groups is 1. The van der Waals surface area contributed by atoms with Crippen molar-refractivity contribution in [2.45, 2.75) is 45.3 Å². The fourth-order valence-corrected chi connectivity index (χ4v) is 2.23. The molecular weight excluding hydrogens is 208 g/mol. The highest BCUT2D eigenvalue weighted by Gasteiger charge is 2.19. The largest absolute Gasteiger partial charge is 0.481 e. The molecule has 0 spiro atoms. The molecule has 0 fully saturated rings. The van der Waals surface area contributed by atoms with Crippen LogP contribution < -0.4 is 0 Å². The van der Waals surface area contributed by atoms with Crippen molar-refractivity contribution in [2.75, 3.05) is 0 Å². The Morgan fingerprint density at radius 3 is 2.94 bits per heavy atom. The maximum absolute atomic E-state index is 10.5. The van der Waals surface area contributed by atoms with Gasteiger partial charge in [0.15, 0.2) is 0 Å². The minimum Gasteiger partial charge on any atom is -0.481 e. The second-order valence-corrected chi connectivity index (χ2v) is 4.08. The summed E-state index contributed by atoms with van der Waals surface area (Å²) in [5.41, 5.74) is 1.81. The molecule has 0 unspecified atom stereocenters. The quantitative estimate of drug-likeness (QED) is 0.790. The summed E-state index contributed by atoms with van der Waals surface area (Å²) in [6.45, 7) is 0.847. The first-order valence-electron chi connectivity index (χ1n) is 5.62. The van der Waals surface area contributed by atoms with E-state index in [1.54, 1.807) is 0 Å². The highest BCUT2D eigenvalue weighted by atomic mass is 16.4. The zero-order chi connectivity index (χ0) is 11.5. The first-order valence-corrected chi connectivity index (χ1v) is 5.62. The molecule has 0 saturated carbocycles. The highest BCUT2D eigenvalue weighted by molar-refractivity contribution is 5.66. The van der Waals surface area contributed by atoms with Gasteiger partial charge in [0.1, 0.15) is 5.82 Å². The molecule has 0 aromatic carbocycles. The number of fused-ring (bicyclic) bond motifs is 1. The molecule has 1 aromatic rings. The smallest absolute Gasteiger partial charge is 0.303 e. The van der Waals surface area contributed by atoms with E-state index in [0.29, 0.717) is 6.42 Å². The van der Waals surface area contributed by atoms with Gasteiger partial charge in [-0.25, -0.2) is 4.98 Å². The molecule has 16 heavy (non-hydrogen) atoms. The van der Waals surface area contributed by atoms with Gasteiger partial charge in [-0.1, -0.05) is 0 Å². The Balaban J connectivity index is 2.23. The van der Waals surface area contributed by atoms with Crippen molar-refractivity contribution in [2.24, 2.45) is 0 Å². The maximum Gasteiger partial charge on any atom is 0.303 e. The van der Waals surface area contributed by atoms with Crippen molar-refractivity contribution >= 4 is 5.97 Å². The van der Waals surface area contributed by atoms with E-state index in [1.807, 2.05) is 0 Å². The van der Waals surface area contributed by atoms with Gasteiger partial charge >= 0.3 is 5.97 Å². The molecular formula is C11H16N2O3. The van der Waals surface area contributed by atoms with Gasteiger partial charge in [-0.15, -0.1) is 0 Å². The summed E-state index contributed by atoms with van der Waals surface area (Å²) in [4.78, 5) is 14.9. The van der Waals surface area contributed by atoms with Crippen LogP contribution in [0.1, 0.15) is 36.5 Å². The van der Waals surface area contributed by atoms with Gasteiger partial charge in [-0.05, 0) is 19.3 Å². The maximum atomic E-state index is 10.5. The number of nitrogens with zero attached hydrogens (tertiary/aromatic N) is 2. The van der Waals surface area contributed by atoms with Crippen LogP contribution in [0.2, 0.25) is 0 Å². The van der Waals surface area contributed by atoms with Crippen molar-refractivity contribution in [3.05, 3.63) is 17.2 Å². The van der Waals surface area contributed by atoms with E-state index in [0.717, 1.165) is 43.0 Å². The summed E-state index contributed by atoms with van der Waals surface area (Å²) in [7, 11) is 0. The second-order valence-electron chi connectivity index (χ2n) is 4.08. The van der Waals surface area contributed by atoms with Crippen molar-refractivity contribution in [1.82, 2.24) is 9.55 Å². The molecule has 5 nitrogen and oxygen atoms in total. The minimum absolute atomic E-state index is 0.0532. The van der Waals surface area contributed by atoms with Crippen LogP contribution in [0.5, 0.6) is 0 Å². The topological polar surface area (TPSA) is 75.3 Å². The number of carboxylic acids is 1. The lowest BCUT2D eigenvalue weighted by Gasteiger charge is -2.16. The number of hydrogen-bond donors (Lipinski definition) is 2. The number of aryl methyl sites for hydroxylation is 1. The van der Waals surface area contributed by atoms with E-state index in [2.05, 4.69) is 9.55 Å². The lowest BCUT2D eigenvalue weighted by molar-refractivity contribution is -0.137. The number of hydrogen-bond acceptors (Lipinski definition) is 3. The number of aliphatic carboxylic acids is 1. The van der Waals surface area contributed by atoms with Crippen molar-refractivity contribution in [3.63, 3.8) is 0 Å². The molecule has 0 atom stereocenters. The summed E-state index contributed by atoms with van der Waals surface area (Å²) in [6, 6.07) is 0. The van der Waals surface area contributed by atoms with Gasteiger partial charge in [0.25, 0.3) is 0 Å². The molecule has 2 N–H and O–H groups in total. The number of rotatable bonds is 4. The molecule has 88 valence electrons. The van der Waals surface area contributed by atoms with Gasteiger partial charge in [-0.2, -0.15) is 0 Å². The van der Waals surface area contributed by atoms with Crippen molar-refractivity contribution in [1.29, 1.82) is 0 Å². The minimum atomic E-state index is -0.807. The average Bonchev–Trinajstić information content (AvgIpc) is 2.65. The predicted octanol–water partition coefficient (Wildman–Crippen LogP) is 0.729. The van der Waals surface area contributed by atoms with Crippen LogP contribution in [0.15, 0.2) is 0 Å². The molecule has 1 aliphatic rings. The zero-order valence-electron chi connectivity index (χ0n) is 9.15. The highest BCUT2D eigenvalue weighted by Crippen LogP contribution is 2.21. The number of carboxylic acid groups (broad SMARTS) is 1. The Morgan fingerprint density at radius 1 is 1.44 bits per heavy atom. The molecule has 0 radical (unpaired) electrons. The summed E-state index contributed by atoms with van der Waals surface area (Å²) < 4.78 is 2.08. The van der Waals surface area contributed by atoms with Crippen LogP contribution in [0.3, 0.4) is 0 Å². The molecule has 2 heterocycles. The van der Waals surface area contributed by atoms with Gasteiger partial charge in [-0.3, -0.25) is 4.79 Å². The normalized spacial score (nSPS) is 14.8. The number of aromatic nitrogens is 2. The van der Waals surface area contributed by atoms with Gasteiger partial charge in [0, 0.05) is 18.7 Å². The lowest BCUT2D eigenvalue weighted by atomic mass is 10.1. The van der Waals surface area contributed by atoms with E-state index in [1.165, 1.54) is 0 Å². The lowest BCUT2D eigenvalue weighted by Crippen LogP contribution is -2.14. The van der Waals surface area contributed by atoms with E-state index >= 15 is 0 Å². The van der Waals surface area contributed by atoms with Crippen molar-refractivity contribution in [3.8, 4) is 0 Å². The fourth-order valence-electron chi connectivity index (χ4n) is 2.23. The molecule has 1 aromatic heterocycles. The SMILES string of the molecule is O=C(O)CCc1nc(CO)c2n1CCCC2. The van der Waals surface area contributed by atoms with E-state index in [9.17, 15) is 9.90 Å². The predicted molar refractivity (Wildman–Crippen MR) is 57.0 cm³/mol.